The van der Waals surface area contributed by atoms with Crippen molar-refractivity contribution in [2.45, 2.75) is 26.3 Å². The third kappa shape index (κ3) is 3.08. The van der Waals surface area contributed by atoms with Crippen molar-refractivity contribution in [1.29, 1.82) is 0 Å². The third-order valence-corrected chi connectivity index (χ3v) is 3.23. The van der Waals surface area contributed by atoms with Gasteiger partial charge in [-0.15, -0.1) is 0 Å². The maximum absolute atomic E-state index is 11.6. The molecule has 0 atom stereocenters. The van der Waals surface area contributed by atoms with E-state index in [0.29, 0.717) is 5.69 Å². The van der Waals surface area contributed by atoms with E-state index in [9.17, 15) is 20.0 Å². The summed E-state index contributed by atoms with van der Waals surface area (Å²) < 4.78 is 0. The number of Topliss-reactive ketones (excluding diaryl/α,β-unsaturated/α-hetero) is 1. The smallest absolute Gasteiger partial charge is 0.270 e. The van der Waals surface area contributed by atoms with Gasteiger partial charge in [0.2, 0.25) is 0 Å². The zero-order valence-corrected chi connectivity index (χ0v) is 11.5. The van der Waals surface area contributed by atoms with Crippen LogP contribution in [-0.4, -0.2) is 35.0 Å². The summed E-state index contributed by atoms with van der Waals surface area (Å²) in [5, 5.41) is 20.1. The number of rotatable bonds is 5. The number of carbonyl (C=O) groups excluding carboxylic acids is 1. The first-order valence-corrected chi connectivity index (χ1v) is 5.85. The molecule has 0 amide bonds. The Kier molecular flexibility index (Phi) is 4.26. The summed E-state index contributed by atoms with van der Waals surface area (Å²) in [6.07, 6.45) is 0. The summed E-state index contributed by atoms with van der Waals surface area (Å²) in [7, 11) is 1.74. The number of benzene rings is 1. The van der Waals surface area contributed by atoms with Crippen LogP contribution in [0.3, 0.4) is 0 Å². The second-order valence-corrected chi connectivity index (χ2v) is 5.04. The van der Waals surface area contributed by atoms with Crippen LogP contribution in [0.1, 0.15) is 31.1 Å². The average Bonchev–Trinajstić information content (AvgIpc) is 2.36. The van der Waals surface area contributed by atoms with Gasteiger partial charge in [-0.3, -0.25) is 14.9 Å². The van der Waals surface area contributed by atoms with Crippen molar-refractivity contribution in [3.8, 4) is 0 Å². The number of hydrogen-bond acceptors (Lipinski definition) is 5. The molecule has 0 unspecified atom stereocenters. The second-order valence-electron chi connectivity index (χ2n) is 5.04. The number of aliphatic hydroxyl groups excluding tert-OH is 1. The largest absolute Gasteiger partial charge is 0.394 e. The SMILES string of the molecule is CC(=O)c1cc([N+](=O)[O-])ccc1N(C)C(C)(C)CO. The summed E-state index contributed by atoms with van der Waals surface area (Å²) in [5.74, 6) is -0.251. The summed E-state index contributed by atoms with van der Waals surface area (Å²) >= 11 is 0. The van der Waals surface area contributed by atoms with Crippen LogP contribution in [0.2, 0.25) is 0 Å². The number of non-ortho nitro benzene ring substituents is 1. The van der Waals surface area contributed by atoms with E-state index in [4.69, 9.17) is 0 Å². The third-order valence-electron chi connectivity index (χ3n) is 3.23. The lowest BCUT2D eigenvalue weighted by Crippen LogP contribution is -2.45. The molecule has 0 saturated heterocycles. The Morgan fingerprint density at radius 2 is 2.05 bits per heavy atom. The highest BCUT2D eigenvalue weighted by atomic mass is 16.6. The van der Waals surface area contributed by atoms with Gasteiger partial charge >= 0.3 is 0 Å². The molecule has 0 bridgehead atoms. The Morgan fingerprint density at radius 3 is 2.47 bits per heavy atom. The van der Waals surface area contributed by atoms with E-state index >= 15 is 0 Å². The number of nitro benzene ring substituents is 1. The van der Waals surface area contributed by atoms with Gasteiger partial charge in [0.1, 0.15) is 0 Å². The molecule has 0 heterocycles. The highest BCUT2D eigenvalue weighted by Gasteiger charge is 2.26. The van der Waals surface area contributed by atoms with Crippen LogP contribution >= 0.6 is 0 Å². The number of nitrogens with zero attached hydrogens (tertiary/aromatic N) is 2. The van der Waals surface area contributed by atoms with Gasteiger partial charge in [0, 0.05) is 30.4 Å². The second kappa shape index (κ2) is 5.36. The van der Waals surface area contributed by atoms with Crippen LogP contribution in [-0.2, 0) is 0 Å². The molecule has 1 aromatic carbocycles. The Hall–Kier alpha value is -1.95. The van der Waals surface area contributed by atoms with Crippen LogP contribution in [0.4, 0.5) is 11.4 Å². The van der Waals surface area contributed by atoms with Crippen molar-refractivity contribution in [2.75, 3.05) is 18.6 Å². The number of carbonyl (C=O) groups is 1. The molecule has 0 spiro atoms. The fourth-order valence-electron chi connectivity index (χ4n) is 1.64. The highest BCUT2D eigenvalue weighted by molar-refractivity contribution is 6.00. The van der Waals surface area contributed by atoms with Crippen molar-refractivity contribution in [1.82, 2.24) is 0 Å². The highest BCUT2D eigenvalue weighted by Crippen LogP contribution is 2.29. The summed E-state index contributed by atoms with van der Waals surface area (Å²) in [5.41, 5.74) is 0.153. The zero-order chi connectivity index (χ0) is 14.8. The first kappa shape index (κ1) is 15.1. The molecule has 104 valence electrons. The van der Waals surface area contributed by atoms with Crippen molar-refractivity contribution in [2.24, 2.45) is 0 Å². The van der Waals surface area contributed by atoms with E-state index in [-0.39, 0.29) is 23.6 Å². The first-order chi connectivity index (χ1) is 8.70. The van der Waals surface area contributed by atoms with Gasteiger partial charge < -0.3 is 10.0 Å². The molecular formula is C13H18N2O4. The number of anilines is 1. The fourth-order valence-corrected chi connectivity index (χ4v) is 1.64. The van der Waals surface area contributed by atoms with Gasteiger partial charge in [0.15, 0.2) is 5.78 Å². The minimum absolute atomic E-state index is 0.0994. The number of ketones is 1. The number of aliphatic hydroxyl groups is 1. The lowest BCUT2D eigenvalue weighted by Gasteiger charge is -2.36. The van der Waals surface area contributed by atoms with E-state index < -0.39 is 10.5 Å². The molecule has 19 heavy (non-hydrogen) atoms. The van der Waals surface area contributed by atoms with Gasteiger partial charge in [-0.05, 0) is 26.8 Å². The standard InChI is InChI=1S/C13H18N2O4/c1-9(17)11-7-10(15(18)19)5-6-12(11)14(4)13(2,3)8-16/h5-7,16H,8H2,1-4H3. The Morgan fingerprint density at radius 1 is 1.47 bits per heavy atom. The molecule has 0 aliphatic heterocycles. The zero-order valence-electron chi connectivity index (χ0n) is 11.5. The molecule has 1 aromatic rings. The van der Waals surface area contributed by atoms with Crippen molar-refractivity contribution >= 4 is 17.2 Å². The van der Waals surface area contributed by atoms with E-state index in [1.165, 1.54) is 25.1 Å². The van der Waals surface area contributed by atoms with Crippen LogP contribution < -0.4 is 4.90 Å². The molecule has 1 N–H and O–H groups in total. The van der Waals surface area contributed by atoms with Crippen LogP contribution in [0.25, 0.3) is 0 Å². The number of likely N-dealkylation sites (N-methyl/N-ethyl adjacent to an activating group) is 1. The lowest BCUT2D eigenvalue weighted by atomic mass is 10.0. The summed E-state index contributed by atoms with van der Waals surface area (Å²) in [4.78, 5) is 23.6. The predicted octanol–water partition coefficient (Wildman–Crippen LogP) is 2.00. The number of nitro groups is 1. The lowest BCUT2D eigenvalue weighted by molar-refractivity contribution is -0.384. The average molecular weight is 266 g/mol. The van der Waals surface area contributed by atoms with E-state index in [1.54, 1.807) is 11.9 Å². The molecule has 0 fully saturated rings. The fraction of sp³-hybridized carbons (Fsp3) is 0.462. The number of hydrogen-bond donors (Lipinski definition) is 1. The van der Waals surface area contributed by atoms with Gasteiger partial charge in [-0.1, -0.05) is 0 Å². The van der Waals surface area contributed by atoms with Crippen LogP contribution in [0.5, 0.6) is 0 Å². The van der Waals surface area contributed by atoms with Crippen molar-refractivity contribution in [3.63, 3.8) is 0 Å². The van der Waals surface area contributed by atoms with Gasteiger partial charge in [-0.25, -0.2) is 0 Å². The Balaban J connectivity index is 3.36. The van der Waals surface area contributed by atoms with Gasteiger partial charge in [0.05, 0.1) is 17.1 Å². The van der Waals surface area contributed by atoms with Crippen molar-refractivity contribution < 1.29 is 14.8 Å². The molecule has 0 aliphatic rings. The Labute approximate surface area is 111 Å². The molecule has 0 radical (unpaired) electrons. The topological polar surface area (TPSA) is 83.7 Å². The molecule has 0 aliphatic carbocycles. The monoisotopic (exact) mass is 266 g/mol. The molecule has 0 aromatic heterocycles. The summed E-state index contributed by atoms with van der Waals surface area (Å²) in [6.45, 7) is 4.90. The predicted molar refractivity (Wildman–Crippen MR) is 72.7 cm³/mol. The minimum atomic E-state index is -0.569. The molecule has 0 saturated carbocycles. The first-order valence-electron chi connectivity index (χ1n) is 5.85. The quantitative estimate of drug-likeness (QED) is 0.500. The van der Waals surface area contributed by atoms with Crippen LogP contribution in [0.15, 0.2) is 18.2 Å². The van der Waals surface area contributed by atoms with Gasteiger partial charge in [0.25, 0.3) is 5.69 Å². The van der Waals surface area contributed by atoms with Gasteiger partial charge in [-0.2, -0.15) is 0 Å². The minimum Gasteiger partial charge on any atom is -0.394 e. The van der Waals surface area contributed by atoms with E-state index in [1.807, 2.05) is 13.8 Å². The summed E-state index contributed by atoms with van der Waals surface area (Å²) in [6, 6.07) is 4.15. The maximum atomic E-state index is 11.6. The maximum Gasteiger partial charge on any atom is 0.270 e. The van der Waals surface area contributed by atoms with Crippen LogP contribution in [0, 0.1) is 10.1 Å². The Bertz CT molecular complexity index is 511. The molecule has 6 heteroatoms. The van der Waals surface area contributed by atoms with E-state index in [2.05, 4.69) is 0 Å². The normalized spacial score (nSPS) is 11.2. The molecule has 6 nitrogen and oxygen atoms in total. The molecular weight excluding hydrogens is 248 g/mol. The van der Waals surface area contributed by atoms with Crippen molar-refractivity contribution in [3.05, 3.63) is 33.9 Å². The van der Waals surface area contributed by atoms with E-state index in [0.717, 1.165) is 0 Å². The molecule has 1 rings (SSSR count).